The zero-order valence-electron chi connectivity index (χ0n) is 13.9. The van der Waals surface area contributed by atoms with Gasteiger partial charge in [-0.1, -0.05) is 38.1 Å². The lowest BCUT2D eigenvalue weighted by Crippen LogP contribution is -2.20. The van der Waals surface area contributed by atoms with Crippen molar-refractivity contribution in [2.45, 2.75) is 33.2 Å². The third-order valence-electron chi connectivity index (χ3n) is 3.62. The fourth-order valence-electron chi connectivity index (χ4n) is 2.31. The summed E-state index contributed by atoms with van der Waals surface area (Å²) in [6.45, 7) is 6.70. The van der Waals surface area contributed by atoms with Gasteiger partial charge in [-0.25, -0.2) is 0 Å². The summed E-state index contributed by atoms with van der Waals surface area (Å²) in [5.41, 5.74) is 9.55. The van der Waals surface area contributed by atoms with Gasteiger partial charge in [-0.2, -0.15) is 0 Å². The van der Waals surface area contributed by atoms with Crippen LogP contribution >= 0.6 is 0 Å². The molecule has 0 saturated heterocycles. The number of hydrogen-bond acceptors (Lipinski definition) is 3. The monoisotopic (exact) mass is 312 g/mol. The molecule has 0 saturated carbocycles. The molecule has 2 aromatic carbocycles. The minimum atomic E-state index is -0.179. The van der Waals surface area contributed by atoms with Crippen molar-refractivity contribution < 1.29 is 9.53 Å². The van der Waals surface area contributed by atoms with Gasteiger partial charge in [0.1, 0.15) is 5.75 Å². The van der Waals surface area contributed by atoms with E-state index in [9.17, 15) is 4.79 Å². The Morgan fingerprint density at radius 1 is 1.17 bits per heavy atom. The summed E-state index contributed by atoms with van der Waals surface area (Å²) in [6, 6.07) is 13.6. The molecule has 0 radical (unpaired) electrons. The highest BCUT2D eigenvalue weighted by atomic mass is 16.5. The number of anilines is 1. The average molecular weight is 312 g/mol. The zero-order chi connectivity index (χ0) is 16.8. The molecule has 1 amide bonds. The van der Waals surface area contributed by atoms with Crippen molar-refractivity contribution in [2.24, 2.45) is 5.73 Å². The van der Waals surface area contributed by atoms with Gasteiger partial charge >= 0.3 is 0 Å². The Kier molecular flexibility index (Phi) is 5.77. The third kappa shape index (κ3) is 4.83. The molecule has 0 aliphatic heterocycles. The number of carbonyl (C=O) groups excluding carboxylic acids is 1. The Hall–Kier alpha value is -2.33. The fourth-order valence-corrected chi connectivity index (χ4v) is 2.31. The number of nitrogens with one attached hydrogen (secondary N) is 1. The molecule has 0 heterocycles. The predicted octanol–water partition coefficient (Wildman–Crippen LogP) is 3.59. The van der Waals surface area contributed by atoms with Crippen LogP contribution in [0.3, 0.4) is 0 Å². The summed E-state index contributed by atoms with van der Waals surface area (Å²) in [5.74, 6) is 0.938. The molecule has 2 aromatic rings. The predicted molar refractivity (Wildman–Crippen MR) is 93.7 cm³/mol. The van der Waals surface area contributed by atoms with Gasteiger partial charge in [-0.05, 0) is 47.7 Å². The number of hydrogen-bond donors (Lipinski definition) is 2. The number of rotatable bonds is 6. The van der Waals surface area contributed by atoms with Crippen LogP contribution in [0.5, 0.6) is 5.75 Å². The highest BCUT2D eigenvalue weighted by Gasteiger charge is 2.10. The van der Waals surface area contributed by atoms with Crippen LogP contribution in [0.4, 0.5) is 5.69 Å². The summed E-state index contributed by atoms with van der Waals surface area (Å²) >= 11 is 0. The maximum absolute atomic E-state index is 12.0. The molecule has 0 fully saturated rings. The van der Waals surface area contributed by atoms with Crippen LogP contribution in [0.2, 0.25) is 0 Å². The molecule has 4 nitrogen and oxygen atoms in total. The Bertz CT molecular complexity index is 664. The molecule has 122 valence electrons. The van der Waals surface area contributed by atoms with E-state index in [1.54, 1.807) is 0 Å². The molecule has 0 spiro atoms. The van der Waals surface area contributed by atoms with Crippen molar-refractivity contribution in [1.29, 1.82) is 0 Å². The zero-order valence-corrected chi connectivity index (χ0v) is 13.9. The van der Waals surface area contributed by atoms with E-state index in [0.717, 1.165) is 28.1 Å². The van der Waals surface area contributed by atoms with E-state index in [2.05, 4.69) is 31.3 Å². The number of nitrogens with two attached hydrogens (primary N) is 1. The summed E-state index contributed by atoms with van der Waals surface area (Å²) in [6.07, 6.45) is 0. The molecule has 4 heteroatoms. The lowest BCUT2D eigenvalue weighted by molar-refractivity contribution is -0.118. The van der Waals surface area contributed by atoms with Crippen molar-refractivity contribution >= 4 is 11.6 Å². The first-order chi connectivity index (χ1) is 11.0. The van der Waals surface area contributed by atoms with E-state index in [-0.39, 0.29) is 12.5 Å². The third-order valence-corrected chi connectivity index (χ3v) is 3.62. The first-order valence-electron chi connectivity index (χ1n) is 7.82. The summed E-state index contributed by atoms with van der Waals surface area (Å²) in [4.78, 5) is 12.0. The van der Waals surface area contributed by atoms with Crippen LogP contribution in [0.15, 0.2) is 42.5 Å². The molecular formula is C19H24N2O2. The van der Waals surface area contributed by atoms with Crippen LogP contribution < -0.4 is 15.8 Å². The minimum absolute atomic E-state index is 0.0121. The molecule has 0 unspecified atom stereocenters. The minimum Gasteiger partial charge on any atom is -0.483 e. The van der Waals surface area contributed by atoms with Gasteiger partial charge in [-0.3, -0.25) is 4.79 Å². The van der Waals surface area contributed by atoms with Crippen molar-refractivity contribution in [3.63, 3.8) is 0 Å². The Balaban J connectivity index is 1.97. The van der Waals surface area contributed by atoms with E-state index in [1.165, 1.54) is 0 Å². The van der Waals surface area contributed by atoms with Crippen molar-refractivity contribution in [2.75, 3.05) is 11.9 Å². The topological polar surface area (TPSA) is 64.3 Å². The molecule has 0 aliphatic carbocycles. The molecule has 0 atom stereocenters. The van der Waals surface area contributed by atoms with E-state index in [4.69, 9.17) is 10.5 Å². The summed E-state index contributed by atoms with van der Waals surface area (Å²) in [7, 11) is 0. The van der Waals surface area contributed by atoms with Gasteiger partial charge in [0.05, 0.1) is 0 Å². The molecular weight excluding hydrogens is 288 g/mol. The SMILES string of the molecule is Cc1ccc(C(C)C)c(OCC(=O)Nc2ccc(CN)cc2)c1. The fraction of sp³-hybridized carbons (Fsp3) is 0.316. The molecule has 23 heavy (non-hydrogen) atoms. The highest BCUT2D eigenvalue weighted by molar-refractivity contribution is 5.91. The molecule has 0 bridgehead atoms. The molecule has 2 rings (SSSR count). The molecule has 0 aromatic heterocycles. The first kappa shape index (κ1) is 17.0. The number of aryl methyl sites for hydroxylation is 1. The lowest BCUT2D eigenvalue weighted by atomic mass is 10.0. The van der Waals surface area contributed by atoms with E-state index < -0.39 is 0 Å². The van der Waals surface area contributed by atoms with Crippen LogP contribution in [0, 0.1) is 6.92 Å². The largest absolute Gasteiger partial charge is 0.483 e. The summed E-state index contributed by atoms with van der Waals surface area (Å²) in [5, 5.41) is 2.82. The van der Waals surface area contributed by atoms with Gasteiger partial charge < -0.3 is 15.8 Å². The van der Waals surface area contributed by atoms with Crippen molar-refractivity contribution in [3.8, 4) is 5.75 Å². The van der Waals surface area contributed by atoms with Crippen LogP contribution in [0.1, 0.15) is 36.5 Å². The number of amides is 1. The van der Waals surface area contributed by atoms with Gasteiger partial charge in [0.15, 0.2) is 6.61 Å². The lowest BCUT2D eigenvalue weighted by Gasteiger charge is -2.15. The normalized spacial score (nSPS) is 10.7. The second-order valence-corrected chi connectivity index (χ2v) is 5.93. The Morgan fingerprint density at radius 2 is 1.87 bits per heavy atom. The summed E-state index contributed by atoms with van der Waals surface area (Å²) < 4.78 is 5.73. The molecule has 0 aliphatic rings. The van der Waals surface area contributed by atoms with E-state index in [1.807, 2.05) is 37.3 Å². The smallest absolute Gasteiger partial charge is 0.262 e. The van der Waals surface area contributed by atoms with Crippen molar-refractivity contribution in [3.05, 3.63) is 59.2 Å². The van der Waals surface area contributed by atoms with Gasteiger partial charge in [0.2, 0.25) is 0 Å². The highest BCUT2D eigenvalue weighted by Crippen LogP contribution is 2.27. The van der Waals surface area contributed by atoms with Crippen LogP contribution in [-0.2, 0) is 11.3 Å². The van der Waals surface area contributed by atoms with Crippen LogP contribution in [-0.4, -0.2) is 12.5 Å². The maximum Gasteiger partial charge on any atom is 0.262 e. The van der Waals surface area contributed by atoms with Crippen LogP contribution in [0.25, 0.3) is 0 Å². The van der Waals surface area contributed by atoms with E-state index in [0.29, 0.717) is 12.5 Å². The van der Waals surface area contributed by atoms with Gasteiger partial charge in [0.25, 0.3) is 5.91 Å². The second kappa shape index (κ2) is 7.79. The Labute approximate surface area is 137 Å². The Morgan fingerprint density at radius 3 is 2.48 bits per heavy atom. The quantitative estimate of drug-likeness (QED) is 0.856. The maximum atomic E-state index is 12.0. The number of ether oxygens (including phenoxy) is 1. The number of carbonyl (C=O) groups is 1. The van der Waals surface area contributed by atoms with Crippen molar-refractivity contribution in [1.82, 2.24) is 0 Å². The second-order valence-electron chi connectivity index (χ2n) is 5.93. The average Bonchev–Trinajstić information content (AvgIpc) is 2.53. The molecule has 3 N–H and O–H groups in total. The van der Waals surface area contributed by atoms with Gasteiger partial charge in [-0.15, -0.1) is 0 Å². The van der Waals surface area contributed by atoms with Gasteiger partial charge in [0, 0.05) is 12.2 Å². The first-order valence-corrected chi connectivity index (χ1v) is 7.82. The number of benzene rings is 2. The van der Waals surface area contributed by atoms with E-state index >= 15 is 0 Å². The standard InChI is InChI=1S/C19H24N2O2/c1-13(2)17-9-4-14(3)10-18(17)23-12-19(22)21-16-7-5-15(11-20)6-8-16/h4-10,13H,11-12,20H2,1-3H3,(H,21,22).